The Kier molecular flexibility index (Phi) is 5.84. The van der Waals surface area contributed by atoms with Gasteiger partial charge in [0.2, 0.25) is 0 Å². The van der Waals surface area contributed by atoms with E-state index in [1.807, 2.05) is 30.5 Å². The first-order valence-corrected chi connectivity index (χ1v) is 9.01. The largest absolute Gasteiger partial charge is 0.370 e. The average Bonchev–Trinajstić information content (AvgIpc) is 2.94. The number of rotatable bonds is 4. The zero-order valence-corrected chi connectivity index (χ0v) is 15.1. The maximum atomic E-state index is 9.49. The Hall–Kier alpha value is -2.89. The number of pyridine rings is 1. The molecule has 1 aliphatic rings. The first-order valence-electron chi connectivity index (χ1n) is 9.01. The Bertz CT molecular complexity index is 819. The fraction of sp³-hybridized carbons (Fsp3) is 0.381. The van der Waals surface area contributed by atoms with Gasteiger partial charge in [0.1, 0.15) is 12.1 Å². The highest BCUT2D eigenvalue weighted by atomic mass is 15.2. The molecule has 0 aliphatic carbocycles. The molecule has 1 aliphatic heterocycles. The fourth-order valence-corrected chi connectivity index (χ4v) is 3.65. The summed E-state index contributed by atoms with van der Waals surface area (Å²) in [6.45, 7) is 2.65. The smallest absolute Gasteiger partial charge is 0.103 e. The van der Waals surface area contributed by atoms with Crippen LogP contribution in [0.1, 0.15) is 36.1 Å². The van der Waals surface area contributed by atoms with E-state index < -0.39 is 0 Å². The molecular formula is C21H23N5. The maximum absolute atomic E-state index is 9.49. The molecule has 5 nitrogen and oxygen atoms in total. The number of hydrogen-bond donors (Lipinski definition) is 0. The van der Waals surface area contributed by atoms with Crippen molar-refractivity contribution in [1.82, 2.24) is 9.88 Å². The molecule has 26 heavy (non-hydrogen) atoms. The molecule has 1 aromatic heterocycles. The summed E-state index contributed by atoms with van der Waals surface area (Å²) in [6, 6.07) is 16.4. The van der Waals surface area contributed by atoms with E-state index in [1.165, 1.54) is 0 Å². The molecule has 5 heteroatoms. The highest BCUT2D eigenvalue weighted by molar-refractivity contribution is 5.65. The minimum atomic E-state index is 0.457. The Balaban J connectivity index is 1.69. The van der Waals surface area contributed by atoms with Gasteiger partial charge in [-0.25, -0.2) is 0 Å². The van der Waals surface area contributed by atoms with Crippen molar-refractivity contribution >= 4 is 5.69 Å². The number of hydrogen-bond acceptors (Lipinski definition) is 5. The van der Waals surface area contributed by atoms with E-state index >= 15 is 0 Å². The van der Waals surface area contributed by atoms with Crippen LogP contribution in [-0.2, 0) is 6.54 Å². The van der Waals surface area contributed by atoms with Crippen molar-refractivity contribution in [2.75, 3.05) is 25.0 Å². The summed E-state index contributed by atoms with van der Waals surface area (Å²) < 4.78 is 0. The fourth-order valence-electron chi connectivity index (χ4n) is 3.65. The first-order chi connectivity index (χ1) is 12.7. The van der Waals surface area contributed by atoms with Crippen molar-refractivity contribution in [2.24, 2.45) is 0 Å². The zero-order chi connectivity index (χ0) is 18.4. The van der Waals surface area contributed by atoms with Crippen LogP contribution in [0.25, 0.3) is 0 Å². The normalized spacial score (nSPS) is 17.4. The predicted octanol–water partition coefficient (Wildman–Crippen LogP) is 3.32. The summed E-state index contributed by atoms with van der Waals surface area (Å²) in [5.74, 6) is 0. The second-order valence-corrected chi connectivity index (χ2v) is 6.73. The van der Waals surface area contributed by atoms with Gasteiger partial charge >= 0.3 is 0 Å². The molecule has 1 fully saturated rings. The summed E-state index contributed by atoms with van der Waals surface area (Å²) in [5.41, 5.74) is 2.93. The second-order valence-electron chi connectivity index (χ2n) is 6.73. The minimum Gasteiger partial charge on any atom is -0.370 e. The van der Waals surface area contributed by atoms with Crippen LogP contribution < -0.4 is 4.90 Å². The molecule has 1 atom stereocenters. The topological polar surface area (TPSA) is 67.0 Å². The van der Waals surface area contributed by atoms with Gasteiger partial charge in [-0.3, -0.25) is 9.88 Å². The van der Waals surface area contributed by atoms with Crippen molar-refractivity contribution in [1.29, 1.82) is 10.5 Å². The molecule has 2 aromatic rings. The summed E-state index contributed by atoms with van der Waals surface area (Å²) in [4.78, 5) is 9.06. The quantitative estimate of drug-likeness (QED) is 0.850. The second kappa shape index (κ2) is 8.47. The van der Waals surface area contributed by atoms with Gasteiger partial charge < -0.3 is 4.90 Å². The van der Waals surface area contributed by atoms with E-state index in [2.05, 4.69) is 40.0 Å². The molecule has 0 bridgehead atoms. The molecule has 0 amide bonds. The van der Waals surface area contributed by atoms with Gasteiger partial charge in [-0.2, -0.15) is 10.5 Å². The lowest BCUT2D eigenvalue weighted by Crippen LogP contribution is -2.33. The van der Waals surface area contributed by atoms with Crippen LogP contribution in [0, 0.1) is 22.7 Å². The lowest BCUT2D eigenvalue weighted by molar-refractivity contribution is 0.215. The molecule has 2 heterocycles. The van der Waals surface area contributed by atoms with E-state index in [0.717, 1.165) is 50.3 Å². The van der Waals surface area contributed by atoms with Gasteiger partial charge in [0.25, 0.3) is 0 Å². The van der Waals surface area contributed by atoms with Crippen LogP contribution in [0.5, 0.6) is 0 Å². The van der Waals surface area contributed by atoms with Crippen LogP contribution in [0.2, 0.25) is 0 Å². The molecule has 1 aromatic carbocycles. The molecule has 0 saturated carbocycles. The van der Waals surface area contributed by atoms with Gasteiger partial charge in [0.15, 0.2) is 0 Å². The van der Waals surface area contributed by atoms with Crippen molar-refractivity contribution < 1.29 is 0 Å². The summed E-state index contributed by atoms with van der Waals surface area (Å²) in [6.07, 6.45) is 5.06. The van der Waals surface area contributed by atoms with Crippen LogP contribution in [0.4, 0.5) is 5.69 Å². The SMILES string of the molecule is CN(Cc1ccccn1)[C@H]1CCCN(c2cccc(C#N)c2C#N)CC1. The van der Waals surface area contributed by atoms with Crippen molar-refractivity contribution in [3.05, 3.63) is 59.4 Å². The maximum Gasteiger partial charge on any atom is 0.103 e. The van der Waals surface area contributed by atoms with Gasteiger partial charge in [0.05, 0.1) is 22.5 Å². The first kappa shape index (κ1) is 17.9. The summed E-state index contributed by atoms with van der Waals surface area (Å²) >= 11 is 0. The molecule has 1 saturated heterocycles. The van der Waals surface area contributed by atoms with Gasteiger partial charge in [-0.05, 0) is 50.6 Å². The highest BCUT2D eigenvalue weighted by Crippen LogP contribution is 2.27. The molecule has 3 rings (SSSR count). The highest BCUT2D eigenvalue weighted by Gasteiger charge is 2.22. The third-order valence-electron chi connectivity index (χ3n) is 5.07. The Morgan fingerprint density at radius 2 is 2.00 bits per heavy atom. The molecule has 132 valence electrons. The van der Waals surface area contributed by atoms with Crippen LogP contribution in [0.3, 0.4) is 0 Å². The van der Waals surface area contributed by atoms with Crippen LogP contribution in [0.15, 0.2) is 42.6 Å². The van der Waals surface area contributed by atoms with Gasteiger partial charge in [-0.15, -0.1) is 0 Å². The lowest BCUT2D eigenvalue weighted by atomic mass is 10.1. The Labute approximate surface area is 155 Å². The van der Waals surface area contributed by atoms with E-state index in [4.69, 9.17) is 0 Å². The number of nitrogens with zero attached hydrogens (tertiary/aromatic N) is 5. The lowest BCUT2D eigenvalue weighted by Gasteiger charge is -2.27. The van der Waals surface area contributed by atoms with Crippen molar-refractivity contribution in [3.63, 3.8) is 0 Å². The molecule has 0 radical (unpaired) electrons. The van der Waals surface area contributed by atoms with Crippen LogP contribution >= 0.6 is 0 Å². The van der Waals surface area contributed by atoms with E-state index in [9.17, 15) is 10.5 Å². The monoisotopic (exact) mass is 345 g/mol. The summed E-state index contributed by atoms with van der Waals surface area (Å²) in [7, 11) is 2.16. The zero-order valence-electron chi connectivity index (χ0n) is 15.1. The third-order valence-corrected chi connectivity index (χ3v) is 5.07. The van der Waals surface area contributed by atoms with Crippen molar-refractivity contribution in [3.8, 4) is 12.1 Å². The van der Waals surface area contributed by atoms with E-state index in [-0.39, 0.29) is 0 Å². The van der Waals surface area contributed by atoms with Crippen molar-refractivity contribution in [2.45, 2.75) is 31.8 Å². The van der Waals surface area contributed by atoms with Gasteiger partial charge in [-0.1, -0.05) is 12.1 Å². The van der Waals surface area contributed by atoms with Gasteiger partial charge in [0, 0.05) is 31.9 Å². The molecule has 0 unspecified atom stereocenters. The van der Waals surface area contributed by atoms with Crippen LogP contribution in [-0.4, -0.2) is 36.1 Å². The third kappa shape index (κ3) is 4.02. The molecule has 0 N–H and O–H groups in total. The van der Waals surface area contributed by atoms with E-state index in [0.29, 0.717) is 17.2 Å². The molecule has 0 spiro atoms. The number of anilines is 1. The predicted molar refractivity (Wildman–Crippen MR) is 101 cm³/mol. The average molecular weight is 345 g/mol. The number of aromatic nitrogens is 1. The van der Waals surface area contributed by atoms with E-state index in [1.54, 1.807) is 6.07 Å². The Morgan fingerprint density at radius 1 is 1.12 bits per heavy atom. The Morgan fingerprint density at radius 3 is 2.73 bits per heavy atom. The molecular weight excluding hydrogens is 322 g/mol. The summed E-state index contributed by atoms with van der Waals surface area (Å²) in [5, 5.41) is 18.7. The number of benzene rings is 1. The standard InChI is InChI=1S/C21H23N5/c1-25(16-18-7-2-3-11-24-18)19-8-5-12-26(13-10-19)21-9-4-6-17(14-22)20(21)15-23/h2-4,6-7,9,11,19H,5,8,10,12-13,16H2,1H3/t19-/m0/s1. The number of nitriles is 2. The minimum absolute atomic E-state index is 0.457.